The molecule has 0 bridgehead atoms. The van der Waals surface area contributed by atoms with E-state index in [0.29, 0.717) is 31.5 Å². The Balaban J connectivity index is 1.84. The fraction of sp³-hybridized carbons (Fsp3) is 0.423. The van der Waals surface area contributed by atoms with E-state index in [9.17, 15) is 0 Å². The van der Waals surface area contributed by atoms with Crippen LogP contribution in [0.15, 0.2) is 42.5 Å². The highest BCUT2D eigenvalue weighted by molar-refractivity contribution is 5.90. The minimum absolute atomic E-state index is 0.325. The Labute approximate surface area is 201 Å². The molecule has 0 saturated carbocycles. The van der Waals surface area contributed by atoms with Crippen molar-refractivity contribution in [3.63, 3.8) is 0 Å². The zero-order chi connectivity index (χ0) is 23.9. The van der Waals surface area contributed by atoms with Crippen molar-refractivity contribution in [3.8, 4) is 11.8 Å². The molecule has 1 aliphatic rings. The average molecular weight is 460 g/mol. The van der Waals surface area contributed by atoms with Gasteiger partial charge < -0.3 is 25.2 Å². The first-order valence-electron chi connectivity index (χ1n) is 11.8. The number of fused-ring (bicyclic) bond motifs is 1. The highest BCUT2D eigenvalue weighted by Gasteiger charge is 2.27. The Hall–Kier alpha value is -3.57. The average Bonchev–Trinajstić information content (AvgIpc) is 2.87. The van der Waals surface area contributed by atoms with E-state index in [0.717, 1.165) is 59.7 Å². The summed E-state index contributed by atoms with van der Waals surface area (Å²) < 4.78 is 5.80. The summed E-state index contributed by atoms with van der Waals surface area (Å²) in [5, 5.41) is 16.7. The molecule has 2 N–H and O–H groups in total. The molecule has 34 heavy (non-hydrogen) atoms. The zero-order valence-corrected chi connectivity index (χ0v) is 20.2. The Kier molecular flexibility index (Phi) is 7.65. The van der Waals surface area contributed by atoms with Gasteiger partial charge >= 0.3 is 0 Å². The topological polar surface area (TPSA) is 89.3 Å². The fourth-order valence-corrected chi connectivity index (χ4v) is 4.58. The molecule has 0 spiro atoms. The molecule has 8 heteroatoms. The third-order valence-electron chi connectivity index (χ3n) is 6.26. The second-order valence-electron chi connectivity index (χ2n) is 8.68. The first-order valence-corrected chi connectivity index (χ1v) is 11.8. The molecule has 1 aliphatic heterocycles. The Bertz CT molecular complexity index is 1150. The molecule has 0 atom stereocenters. The van der Waals surface area contributed by atoms with Gasteiger partial charge in [-0.25, -0.2) is 4.98 Å². The van der Waals surface area contributed by atoms with Gasteiger partial charge in [-0.2, -0.15) is 10.2 Å². The Morgan fingerprint density at radius 3 is 2.65 bits per heavy atom. The van der Waals surface area contributed by atoms with Crippen LogP contribution in [0.1, 0.15) is 24.8 Å². The van der Waals surface area contributed by atoms with Crippen LogP contribution >= 0.6 is 0 Å². The van der Waals surface area contributed by atoms with Crippen molar-refractivity contribution in [2.45, 2.75) is 31.8 Å². The van der Waals surface area contributed by atoms with Gasteiger partial charge in [-0.05, 0) is 50.2 Å². The lowest BCUT2D eigenvalue weighted by molar-refractivity contribution is 0.401. The number of piperidine rings is 1. The molecule has 3 aromatic rings. The first-order chi connectivity index (χ1) is 16.6. The van der Waals surface area contributed by atoms with E-state index >= 15 is 0 Å². The molecule has 0 aliphatic carbocycles. The van der Waals surface area contributed by atoms with Crippen LogP contribution in [0.5, 0.6) is 5.75 Å². The smallest absolute Gasteiger partial charge is 0.225 e. The third kappa shape index (κ3) is 5.15. The summed E-state index contributed by atoms with van der Waals surface area (Å²) in [6.07, 6.45) is 2.46. The molecular weight excluding hydrogens is 426 g/mol. The van der Waals surface area contributed by atoms with Crippen molar-refractivity contribution in [3.05, 3.63) is 48.0 Å². The summed E-state index contributed by atoms with van der Waals surface area (Å²) in [5.74, 6) is 2.33. The summed E-state index contributed by atoms with van der Waals surface area (Å²) >= 11 is 0. The van der Waals surface area contributed by atoms with E-state index in [-0.39, 0.29) is 0 Å². The number of benzene rings is 2. The van der Waals surface area contributed by atoms with Crippen LogP contribution in [0.4, 0.5) is 17.5 Å². The van der Waals surface area contributed by atoms with E-state index in [4.69, 9.17) is 20.0 Å². The number of aromatic nitrogens is 2. The van der Waals surface area contributed by atoms with Crippen molar-refractivity contribution in [1.82, 2.24) is 15.3 Å². The number of ether oxygens (including phenoxy) is 1. The maximum absolute atomic E-state index is 8.95. The van der Waals surface area contributed by atoms with Crippen LogP contribution in [0.2, 0.25) is 0 Å². The molecular formula is C26H33N7O. The zero-order valence-electron chi connectivity index (χ0n) is 20.2. The molecule has 2 heterocycles. The summed E-state index contributed by atoms with van der Waals surface area (Å²) in [6, 6.07) is 16.8. The molecule has 1 fully saturated rings. The number of rotatable bonds is 9. The van der Waals surface area contributed by atoms with Gasteiger partial charge in [0.2, 0.25) is 5.95 Å². The number of anilines is 3. The van der Waals surface area contributed by atoms with E-state index in [2.05, 4.69) is 52.7 Å². The Morgan fingerprint density at radius 1 is 1.12 bits per heavy atom. The minimum Gasteiger partial charge on any atom is -0.496 e. The fourth-order valence-electron chi connectivity index (χ4n) is 4.58. The van der Waals surface area contributed by atoms with E-state index in [1.54, 1.807) is 7.11 Å². The van der Waals surface area contributed by atoms with E-state index in [1.165, 1.54) is 0 Å². The third-order valence-corrected chi connectivity index (χ3v) is 6.26. The van der Waals surface area contributed by atoms with Crippen molar-refractivity contribution in [1.29, 1.82) is 5.26 Å². The lowest BCUT2D eigenvalue weighted by atomic mass is 10.0. The van der Waals surface area contributed by atoms with Crippen LogP contribution in [0.3, 0.4) is 0 Å². The lowest BCUT2D eigenvalue weighted by Crippen LogP contribution is -2.43. The lowest BCUT2D eigenvalue weighted by Gasteiger charge is -2.37. The second-order valence-corrected chi connectivity index (χ2v) is 8.68. The summed E-state index contributed by atoms with van der Waals surface area (Å²) in [6.45, 7) is 3.13. The second kappa shape index (κ2) is 11.0. The quantitative estimate of drug-likeness (QED) is 0.467. The highest BCUT2D eigenvalue weighted by Crippen LogP contribution is 2.35. The molecule has 2 aromatic carbocycles. The van der Waals surface area contributed by atoms with Gasteiger partial charge in [0.15, 0.2) is 0 Å². The molecule has 178 valence electrons. The predicted molar refractivity (Wildman–Crippen MR) is 138 cm³/mol. The van der Waals surface area contributed by atoms with Crippen molar-refractivity contribution < 1.29 is 4.74 Å². The number of methoxy groups -OCH3 is 1. The van der Waals surface area contributed by atoms with Crippen LogP contribution in [0, 0.1) is 11.3 Å². The molecule has 4 rings (SSSR count). The SMILES string of the molecule is COc1cccc(N(C)C)c1CN(c1nc(NCCC#N)nc2ccccc12)C1CCNCC1. The standard InChI is InChI=1S/C26H33N7O/c1-32(2)23-10-6-11-24(34-3)21(23)18-33(19-12-16-28-17-13-19)25-20-8-4-5-9-22(20)30-26(31-25)29-15-7-14-27/h4-6,8-11,19,28H,7,12-13,15-18H2,1-3H3,(H,29,30,31). The van der Waals surface area contributed by atoms with Crippen LogP contribution in [-0.2, 0) is 6.54 Å². The molecule has 8 nitrogen and oxygen atoms in total. The van der Waals surface area contributed by atoms with Gasteiger partial charge in [0, 0.05) is 43.3 Å². The van der Waals surface area contributed by atoms with Crippen LogP contribution in [0.25, 0.3) is 10.9 Å². The largest absolute Gasteiger partial charge is 0.496 e. The van der Waals surface area contributed by atoms with Gasteiger partial charge in [0.1, 0.15) is 11.6 Å². The molecule has 0 unspecified atom stereocenters. The van der Waals surface area contributed by atoms with Gasteiger partial charge in [-0.15, -0.1) is 0 Å². The van der Waals surface area contributed by atoms with E-state index < -0.39 is 0 Å². The number of para-hydroxylation sites is 1. The molecule has 0 amide bonds. The van der Waals surface area contributed by atoms with Crippen LogP contribution in [-0.4, -0.2) is 56.8 Å². The van der Waals surface area contributed by atoms with Crippen molar-refractivity contribution >= 4 is 28.4 Å². The normalized spacial score (nSPS) is 13.9. The molecule has 1 aromatic heterocycles. The summed E-state index contributed by atoms with van der Waals surface area (Å²) in [7, 11) is 5.85. The van der Waals surface area contributed by atoms with Crippen molar-refractivity contribution in [2.24, 2.45) is 0 Å². The monoisotopic (exact) mass is 459 g/mol. The number of hydrogen-bond acceptors (Lipinski definition) is 8. The van der Waals surface area contributed by atoms with Gasteiger partial charge in [0.25, 0.3) is 0 Å². The molecule has 1 saturated heterocycles. The molecule has 0 radical (unpaired) electrons. The Morgan fingerprint density at radius 2 is 1.91 bits per heavy atom. The minimum atomic E-state index is 0.325. The highest BCUT2D eigenvalue weighted by atomic mass is 16.5. The predicted octanol–water partition coefficient (Wildman–Crippen LogP) is 3.79. The number of nitrogens with one attached hydrogen (secondary N) is 2. The number of nitrogens with zero attached hydrogens (tertiary/aromatic N) is 5. The number of nitriles is 1. The van der Waals surface area contributed by atoms with Crippen LogP contribution < -0.4 is 25.2 Å². The van der Waals surface area contributed by atoms with Gasteiger partial charge in [-0.3, -0.25) is 0 Å². The van der Waals surface area contributed by atoms with Crippen molar-refractivity contribution in [2.75, 3.05) is 56.0 Å². The maximum atomic E-state index is 8.95. The van der Waals surface area contributed by atoms with E-state index in [1.807, 2.05) is 30.3 Å². The van der Waals surface area contributed by atoms with Gasteiger partial charge in [0.05, 0.1) is 31.7 Å². The number of hydrogen-bond donors (Lipinski definition) is 2. The maximum Gasteiger partial charge on any atom is 0.225 e. The summed E-state index contributed by atoms with van der Waals surface area (Å²) in [5.41, 5.74) is 3.15. The summed E-state index contributed by atoms with van der Waals surface area (Å²) in [4.78, 5) is 14.3. The first kappa shape index (κ1) is 23.6. The van der Waals surface area contributed by atoms with Gasteiger partial charge in [-0.1, -0.05) is 18.2 Å².